The van der Waals surface area contributed by atoms with Gasteiger partial charge >= 0.3 is 6.09 Å². The first-order valence-electron chi connectivity index (χ1n) is 12.1. The third-order valence-corrected chi connectivity index (χ3v) is 6.62. The van der Waals surface area contributed by atoms with Crippen molar-refractivity contribution in [3.63, 3.8) is 0 Å². The second-order valence-corrected chi connectivity index (χ2v) is 9.33. The maximum absolute atomic E-state index is 15.1. The highest BCUT2D eigenvalue weighted by molar-refractivity contribution is 5.90. The second kappa shape index (κ2) is 11.4. The molecule has 1 atom stereocenters. The van der Waals surface area contributed by atoms with Gasteiger partial charge in [0.05, 0.1) is 31.9 Å². The number of likely N-dealkylation sites (N-methyl/N-ethyl adjacent to an activating group) is 1. The van der Waals surface area contributed by atoms with Crippen LogP contribution in [0.15, 0.2) is 12.1 Å². The summed E-state index contributed by atoms with van der Waals surface area (Å²) in [4.78, 5) is 43.1. The molecule has 11 nitrogen and oxygen atoms in total. The number of halogens is 2. The maximum Gasteiger partial charge on any atom is 0.414 e. The number of hydrazine groups is 1. The summed E-state index contributed by atoms with van der Waals surface area (Å²) in [5, 5.41) is 4.09. The van der Waals surface area contributed by atoms with E-state index in [1.165, 1.54) is 11.9 Å². The SMILES string of the molecule is CC(=O)NC[C@H]1CN(c2cc(F)c(N3CCNN(C(=O)CN4CCN(C)CC4)CC3)c(F)c2)C(=O)O1. The van der Waals surface area contributed by atoms with E-state index in [1.807, 2.05) is 0 Å². The first-order valence-corrected chi connectivity index (χ1v) is 12.1. The van der Waals surface area contributed by atoms with Crippen LogP contribution in [0.5, 0.6) is 0 Å². The molecule has 36 heavy (non-hydrogen) atoms. The van der Waals surface area contributed by atoms with Crippen LogP contribution >= 0.6 is 0 Å². The summed E-state index contributed by atoms with van der Waals surface area (Å²) in [5.74, 6) is -1.95. The number of hydrogen-bond donors (Lipinski definition) is 2. The van der Waals surface area contributed by atoms with E-state index in [9.17, 15) is 14.4 Å². The second-order valence-electron chi connectivity index (χ2n) is 9.33. The average Bonchev–Trinajstić information content (AvgIpc) is 3.03. The molecular weight excluding hydrogens is 476 g/mol. The molecule has 3 heterocycles. The maximum atomic E-state index is 15.1. The van der Waals surface area contributed by atoms with Gasteiger partial charge in [-0.1, -0.05) is 0 Å². The highest BCUT2D eigenvalue weighted by Crippen LogP contribution is 2.31. The van der Waals surface area contributed by atoms with Gasteiger partial charge in [-0.3, -0.25) is 24.4 Å². The molecule has 0 bridgehead atoms. The Morgan fingerprint density at radius 1 is 1.08 bits per heavy atom. The number of carbonyl (C=O) groups excluding carboxylic acids is 3. The number of nitrogens with zero attached hydrogens (tertiary/aromatic N) is 5. The van der Waals surface area contributed by atoms with Crippen molar-refractivity contribution < 1.29 is 27.9 Å². The molecule has 198 valence electrons. The number of hydrogen-bond acceptors (Lipinski definition) is 8. The first-order chi connectivity index (χ1) is 17.2. The Morgan fingerprint density at radius 2 is 1.78 bits per heavy atom. The predicted molar refractivity (Wildman–Crippen MR) is 129 cm³/mol. The molecule has 1 aromatic rings. The highest BCUT2D eigenvalue weighted by Gasteiger charge is 2.34. The van der Waals surface area contributed by atoms with Gasteiger partial charge in [0, 0.05) is 64.9 Å². The van der Waals surface area contributed by atoms with Crippen LogP contribution in [0.3, 0.4) is 0 Å². The van der Waals surface area contributed by atoms with E-state index >= 15 is 8.78 Å². The lowest BCUT2D eigenvalue weighted by molar-refractivity contribution is -0.135. The average molecular weight is 510 g/mol. The molecule has 0 unspecified atom stereocenters. The zero-order valence-corrected chi connectivity index (χ0v) is 20.6. The number of piperazine rings is 1. The van der Waals surface area contributed by atoms with Crippen molar-refractivity contribution in [2.24, 2.45) is 0 Å². The summed E-state index contributed by atoms with van der Waals surface area (Å²) in [5.41, 5.74) is 2.91. The number of ether oxygens (including phenoxy) is 1. The number of benzene rings is 1. The molecule has 1 aromatic carbocycles. The van der Waals surface area contributed by atoms with Crippen molar-refractivity contribution in [3.8, 4) is 0 Å². The van der Waals surface area contributed by atoms with Crippen molar-refractivity contribution in [1.29, 1.82) is 0 Å². The molecule has 0 saturated carbocycles. The molecule has 3 aliphatic heterocycles. The van der Waals surface area contributed by atoms with E-state index < -0.39 is 23.8 Å². The Labute approximate surface area is 208 Å². The molecule has 4 rings (SSSR count). The Bertz CT molecular complexity index is 966. The zero-order chi connectivity index (χ0) is 25.8. The zero-order valence-electron chi connectivity index (χ0n) is 20.6. The summed E-state index contributed by atoms with van der Waals surface area (Å²) in [7, 11) is 2.05. The lowest BCUT2D eigenvalue weighted by atomic mass is 10.2. The van der Waals surface area contributed by atoms with E-state index in [2.05, 4.69) is 27.6 Å². The summed E-state index contributed by atoms with van der Waals surface area (Å²) in [6.07, 6.45) is -1.34. The van der Waals surface area contributed by atoms with Crippen molar-refractivity contribution in [1.82, 2.24) is 25.6 Å². The third kappa shape index (κ3) is 6.20. The van der Waals surface area contributed by atoms with E-state index in [1.54, 1.807) is 4.90 Å². The minimum atomic E-state index is -0.805. The van der Waals surface area contributed by atoms with E-state index in [-0.39, 0.29) is 49.4 Å². The van der Waals surface area contributed by atoms with E-state index in [0.29, 0.717) is 19.6 Å². The Hall–Kier alpha value is -3.03. The lowest BCUT2D eigenvalue weighted by Gasteiger charge is -2.33. The molecule has 0 aliphatic carbocycles. The van der Waals surface area contributed by atoms with Crippen molar-refractivity contribution in [2.45, 2.75) is 13.0 Å². The molecule has 13 heteroatoms. The molecule has 3 aliphatic rings. The monoisotopic (exact) mass is 509 g/mol. The largest absolute Gasteiger partial charge is 0.442 e. The number of carbonyl (C=O) groups is 3. The number of rotatable bonds is 6. The molecule has 3 fully saturated rings. The fourth-order valence-electron chi connectivity index (χ4n) is 4.56. The predicted octanol–water partition coefficient (Wildman–Crippen LogP) is -0.173. The smallest absolute Gasteiger partial charge is 0.414 e. The van der Waals surface area contributed by atoms with Gasteiger partial charge in [0.15, 0.2) is 11.6 Å². The van der Waals surface area contributed by atoms with Gasteiger partial charge in [-0.15, -0.1) is 0 Å². The minimum absolute atomic E-state index is 0.0426. The molecule has 0 radical (unpaired) electrons. The molecule has 3 saturated heterocycles. The van der Waals surface area contributed by atoms with Crippen molar-refractivity contribution in [2.75, 3.05) is 88.8 Å². The van der Waals surface area contributed by atoms with Gasteiger partial charge in [0.1, 0.15) is 11.8 Å². The molecular formula is C23H33F2N7O4. The molecule has 3 amide bonds. The van der Waals surface area contributed by atoms with E-state index in [4.69, 9.17) is 4.74 Å². The highest BCUT2D eigenvalue weighted by atomic mass is 19.1. The Balaban J connectivity index is 1.37. The van der Waals surface area contributed by atoms with Crippen LogP contribution in [0.4, 0.5) is 25.0 Å². The van der Waals surface area contributed by atoms with Crippen LogP contribution < -0.4 is 20.5 Å². The third-order valence-electron chi connectivity index (χ3n) is 6.62. The van der Waals surface area contributed by atoms with Crippen LogP contribution in [-0.2, 0) is 14.3 Å². The summed E-state index contributed by atoms with van der Waals surface area (Å²) < 4.78 is 35.4. The van der Waals surface area contributed by atoms with Gasteiger partial charge in [-0.25, -0.2) is 19.0 Å². The Morgan fingerprint density at radius 3 is 2.44 bits per heavy atom. The van der Waals surface area contributed by atoms with Gasteiger partial charge < -0.3 is 19.9 Å². The number of amides is 3. The number of cyclic esters (lactones) is 1. The van der Waals surface area contributed by atoms with Crippen molar-refractivity contribution in [3.05, 3.63) is 23.8 Å². The first kappa shape index (κ1) is 26.0. The summed E-state index contributed by atoms with van der Waals surface area (Å²) in [6, 6.07) is 2.21. The van der Waals surface area contributed by atoms with Gasteiger partial charge in [0.2, 0.25) is 5.91 Å². The van der Waals surface area contributed by atoms with Crippen LogP contribution in [0, 0.1) is 11.6 Å². The molecule has 0 spiro atoms. The van der Waals surface area contributed by atoms with Crippen molar-refractivity contribution >= 4 is 29.3 Å². The van der Waals surface area contributed by atoms with Crippen LogP contribution in [-0.4, -0.2) is 118 Å². The quantitative estimate of drug-likeness (QED) is 0.545. The summed E-state index contributed by atoms with van der Waals surface area (Å²) in [6.45, 7) is 6.46. The number of anilines is 2. The summed E-state index contributed by atoms with van der Waals surface area (Å²) >= 11 is 0. The Kier molecular flexibility index (Phi) is 8.21. The van der Waals surface area contributed by atoms with E-state index in [0.717, 1.165) is 43.2 Å². The standard InChI is InChI=1S/C23H33F2N7O4/c1-16(33)26-13-18-14-31(23(35)36-18)17-11-19(24)22(20(25)12-17)30-4-3-27-32(10-9-30)21(34)15-29-7-5-28(2)6-8-29/h11-12,18,27H,3-10,13-15H2,1-2H3,(H,26,33)/t18-/m0/s1. The topological polar surface area (TPSA) is 101 Å². The van der Waals surface area contributed by atoms with Gasteiger partial charge in [-0.05, 0) is 7.05 Å². The fraction of sp³-hybridized carbons (Fsp3) is 0.609. The molecule has 0 aromatic heterocycles. The molecule has 2 N–H and O–H groups in total. The normalized spacial score (nSPS) is 21.9. The van der Waals surface area contributed by atoms with Gasteiger partial charge in [0.25, 0.3) is 5.91 Å². The van der Waals surface area contributed by atoms with Crippen LogP contribution in [0.1, 0.15) is 6.92 Å². The number of nitrogens with one attached hydrogen (secondary N) is 2. The fourth-order valence-corrected chi connectivity index (χ4v) is 4.56. The van der Waals surface area contributed by atoms with Gasteiger partial charge in [-0.2, -0.15) is 0 Å². The lowest BCUT2D eigenvalue weighted by Crippen LogP contribution is -2.52. The van der Waals surface area contributed by atoms with Crippen LogP contribution in [0.2, 0.25) is 0 Å². The van der Waals surface area contributed by atoms with Crippen LogP contribution in [0.25, 0.3) is 0 Å². The minimum Gasteiger partial charge on any atom is -0.442 e.